The predicted octanol–water partition coefficient (Wildman–Crippen LogP) is 10.8. The van der Waals surface area contributed by atoms with Gasteiger partial charge in [0.15, 0.2) is 12.1 Å². The lowest BCUT2D eigenvalue weighted by atomic mass is 9.98. The maximum Gasteiger partial charge on any atom is 0.416 e. The second-order valence-electron chi connectivity index (χ2n) is 12.3. The predicted molar refractivity (Wildman–Crippen MR) is 213 cm³/mol. The molecule has 8 nitrogen and oxygen atoms in total. The topological polar surface area (TPSA) is 158 Å². The molecule has 0 heterocycles. The van der Waals surface area contributed by atoms with E-state index in [0.29, 0.717) is 62.3 Å². The number of Topliss-reactive ketones (excluding diaryl/α,β-unsaturated/α-hetero) is 1. The standard InChI is InChI=1S/C22H17F3N2O2.C14H8ClF3O.C7H8N2O/c1-13(28)17-11-10-16(12-20(17)26)27-21(29)19-5-3-2-4-18(19)14-6-8-15(9-7-14)22(23,24)25;15-13(19)12-4-2-1-3-11(12)9-5-7-10(8-6-9)14(16,17)18;8-6-2-1-5(4-10)7(9)3-6/h2-12H,26H2,1H3,(H,27,29);1-8H;1-4H,8-9H2. The molecule has 0 radical (unpaired) electrons. The van der Waals surface area contributed by atoms with Gasteiger partial charge in [-0.2, -0.15) is 26.3 Å². The summed E-state index contributed by atoms with van der Waals surface area (Å²) in [6, 6.07) is 31.7. The third-order valence-corrected chi connectivity index (χ3v) is 8.49. The lowest BCUT2D eigenvalue weighted by Crippen LogP contribution is -2.14. The molecule has 0 saturated carbocycles. The van der Waals surface area contributed by atoms with E-state index in [0.717, 1.165) is 24.3 Å². The summed E-state index contributed by atoms with van der Waals surface area (Å²) in [5.74, 6) is -0.636. The molecule has 0 aliphatic heterocycles. The van der Waals surface area contributed by atoms with E-state index in [4.69, 9.17) is 28.8 Å². The summed E-state index contributed by atoms with van der Waals surface area (Å²) in [5.41, 5.74) is 20.2. The summed E-state index contributed by atoms with van der Waals surface area (Å²) in [6.07, 6.45) is -8.10. The van der Waals surface area contributed by atoms with Gasteiger partial charge in [-0.1, -0.05) is 60.7 Å². The van der Waals surface area contributed by atoms with Crippen molar-refractivity contribution in [3.05, 3.63) is 167 Å². The van der Waals surface area contributed by atoms with Crippen LogP contribution < -0.4 is 22.5 Å². The zero-order valence-corrected chi connectivity index (χ0v) is 31.0. The van der Waals surface area contributed by atoms with Crippen LogP contribution in [0.3, 0.4) is 0 Å². The Morgan fingerprint density at radius 3 is 1.50 bits per heavy atom. The number of carbonyl (C=O) groups is 4. The number of aldehydes is 1. The minimum absolute atomic E-state index is 0.187. The number of rotatable bonds is 7. The van der Waals surface area contributed by atoms with Crippen LogP contribution in [-0.4, -0.2) is 23.2 Å². The number of hydrogen-bond donors (Lipinski definition) is 4. The van der Waals surface area contributed by atoms with Crippen molar-refractivity contribution in [1.82, 2.24) is 0 Å². The minimum atomic E-state index is -4.43. The number of alkyl halides is 6. The van der Waals surface area contributed by atoms with Crippen molar-refractivity contribution < 1.29 is 45.5 Å². The van der Waals surface area contributed by atoms with Gasteiger partial charge in [-0.05, 0) is 114 Å². The first-order valence-electron chi connectivity index (χ1n) is 16.8. The van der Waals surface area contributed by atoms with Crippen LogP contribution in [0.25, 0.3) is 22.3 Å². The number of ketones is 1. The van der Waals surface area contributed by atoms with Crippen LogP contribution >= 0.6 is 11.6 Å². The Morgan fingerprint density at radius 1 is 0.586 bits per heavy atom. The molecule has 0 bridgehead atoms. The average molecular weight is 819 g/mol. The minimum Gasteiger partial charge on any atom is -0.399 e. The zero-order chi connectivity index (χ0) is 42.8. The number of carbonyl (C=O) groups excluding carboxylic acids is 4. The van der Waals surface area contributed by atoms with Gasteiger partial charge in [0.1, 0.15) is 0 Å². The van der Waals surface area contributed by atoms with E-state index in [1.807, 2.05) is 0 Å². The number of halogens is 7. The monoisotopic (exact) mass is 818 g/mol. The Balaban J connectivity index is 0.000000218. The quantitative estimate of drug-likeness (QED) is 0.0410. The molecule has 0 spiro atoms. The molecule has 0 aliphatic rings. The maximum atomic E-state index is 12.8. The molecule has 15 heteroatoms. The second kappa shape index (κ2) is 18.8. The summed E-state index contributed by atoms with van der Waals surface area (Å²) in [6.45, 7) is 1.39. The molecule has 0 unspecified atom stereocenters. The summed E-state index contributed by atoms with van der Waals surface area (Å²) < 4.78 is 75.7. The van der Waals surface area contributed by atoms with Gasteiger partial charge in [-0.15, -0.1) is 0 Å². The first-order chi connectivity index (χ1) is 27.3. The van der Waals surface area contributed by atoms with Crippen LogP contribution in [0.5, 0.6) is 0 Å². The van der Waals surface area contributed by atoms with Gasteiger partial charge in [0.25, 0.3) is 11.1 Å². The number of amides is 1. The Morgan fingerprint density at radius 2 is 1.07 bits per heavy atom. The van der Waals surface area contributed by atoms with Crippen molar-refractivity contribution in [1.29, 1.82) is 0 Å². The third kappa shape index (κ3) is 11.6. The highest BCUT2D eigenvalue weighted by atomic mass is 35.5. The molecule has 6 aromatic carbocycles. The molecule has 1 amide bonds. The molecule has 6 aromatic rings. The highest BCUT2D eigenvalue weighted by molar-refractivity contribution is 6.68. The largest absolute Gasteiger partial charge is 0.416 e. The Bertz CT molecular complexity index is 2440. The van der Waals surface area contributed by atoms with Crippen LogP contribution in [0, 0.1) is 0 Å². The summed E-state index contributed by atoms with van der Waals surface area (Å²) in [7, 11) is 0. The van der Waals surface area contributed by atoms with E-state index in [1.54, 1.807) is 66.7 Å². The van der Waals surface area contributed by atoms with Gasteiger partial charge in [0.2, 0.25) is 0 Å². The molecule has 0 saturated heterocycles. The molecule has 58 heavy (non-hydrogen) atoms. The van der Waals surface area contributed by atoms with Gasteiger partial charge in [-0.25, -0.2) is 0 Å². The Labute approximate surface area is 333 Å². The van der Waals surface area contributed by atoms with Gasteiger partial charge >= 0.3 is 12.4 Å². The zero-order valence-electron chi connectivity index (χ0n) is 30.3. The molecular weight excluding hydrogens is 786 g/mol. The Hall–Kier alpha value is -6.93. The molecule has 7 N–H and O–H groups in total. The SMILES string of the molecule is CC(=O)c1ccc(NC(=O)c2ccccc2-c2ccc(C(F)(F)F)cc2)cc1N.Nc1ccc(C=O)c(N)c1.O=C(Cl)c1ccccc1-c1ccc(C(F)(F)F)cc1. The van der Waals surface area contributed by atoms with Crippen molar-refractivity contribution in [2.75, 3.05) is 22.5 Å². The molecular formula is C43H33ClF6N4O4. The van der Waals surface area contributed by atoms with E-state index in [-0.39, 0.29) is 17.0 Å². The number of benzene rings is 6. The van der Waals surface area contributed by atoms with Crippen LogP contribution in [0.1, 0.15) is 59.5 Å². The Kier molecular flexibility index (Phi) is 14.2. The first-order valence-corrected chi connectivity index (χ1v) is 17.2. The van der Waals surface area contributed by atoms with Crippen molar-refractivity contribution in [2.24, 2.45) is 0 Å². The molecule has 298 valence electrons. The maximum absolute atomic E-state index is 12.8. The smallest absolute Gasteiger partial charge is 0.399 e. The van der Waals surface area contributed by atoms with E-state index >= 15 is 0 Å². The van der Waals surface area contributed by atoms with Crippen LogP contribution in [0.15, 0.2) is 133 Å². The summed E-state index contributed by atoms with van der Waals surface area (Å²) >= 11 is 5.44. The number of nitrogens with two attached hydrogens (primary N) is 3. The number of nitrogens with one attached hydrogen (secondary N) is 1. The molecule has 0 aliphatic carbocycles. The van der Waals surface area contributed by atoms with Crippen molar-refractivity contribution in [3.8, 4) is 22.3 Å². The van der Waals surface area contributed by atoms with Crippen LogP contribution in [0.2, 0.25) is 0 Å². The lowest BCUT2D eigenvalue weighted by Gasteiger charge is -2.13. The number of hydrogen-bond acceptors (Lipinski definition) is 7. The van der Waals surface area contributed by atoms with Crippen LogP contribution in [-0.2, 0) is 12.4 Å². The number of nitrogen functional groups attached to an aromatic ring is 3. The van der Waals surface area contributed by atoms with Gasteiger partial charge < -0.3 is 22.5 Å². The van der Waals surface area contributed by atoms with Gasteiger partial charge in [0, 0.05) is 45.0 Å². The van der Waals surface area contributed by atoms with Gasteiger partial charge in [-0.3, -0.25) is 19.2 Å². The van der Waals surface area contributed by atoms with Crippen molar-refractivity contribution in [3.63, 3.8) is 0 Å². The fourth-order valence-electron chi connectivity index (χ4n) is 5.38. The van der Waals surface area contributed by atoms with Crippen molar-refractivity contribution in [2.45, 2.75) is 19.3 Å². The molecule has 0 atom stereocenters. The fraction of sp³-hybridized carbons (Fsp3) is 0.0698. The van der Waals surface area contributed by atoms with E-state index in [1.165, 1.54) is 49.4 Å². The highest BCUT2D eigenvalue weighted by Gasteiger charge is 2.31. The van der Waals surface area contributed by atoms with E-state index < -0.39 is 34.6 Å². The first kappa shape index (κ1) is 43.8. The lowest BCUT2D eigenvalue weighted by molar-refractivity contribution is -0.138. The molecule has 0 fully saturated rings. The van der Waals surface area contributed by atoms with Crippen molar-refractivity contribution >= 4 is 57.6 Å². The number of anilines is 4. The van der Waals surface area contributed by atoms with E-state index in [2.05, 4.69) is 5.32 Å². The van der Waals surface area contributed by atoms with Gasteiger partial charge in [0.05, 0.1) is 11.1 Å². The van der Waals surface area contributed by atoms with E-state index in [9.17, 15) is 45.5 Å². The normalized spacial score (nSPS) is 10.9. The summed E-state index contributed by atoms with van der Waals surface area (Å²) in [4.78, 5) is 45.7. The molecule has 0 aromatic heterocycles. The average Bonchev–Trinajstić information content (AvgIpc) is 3.18. The van der Waals surface area contributed by atoms with Crippen LogP contribution in [0.4, 0.5) is 49.1 Å². The third-order valence-electron chi connectivity index (χ3n) is 8.28. The molecule has 6 rings (SSSR count). The highest BCUT2D eigenvalue weighted by Crippen LogP contribution is 2.34. The summed E-state index contributed by atoms with van der Waals surface area (Å²) in [5, 5.41) is 2.06. The fourth-order valence-corrected chi connectivity index (χ4v) is 5.54. The second-order valence-corrected chi connectivity index (χ2v) is 12.7.